The normalized spacial score (nSPS) is 16.2. The fourth-order valence-corrected chi connectivity index (χ4v) is 1.07. The minimum absolute atomic E-state index is 0.240. The molecule has 94 valence electrons. The summed E-state index contributed by atoms with van der Waals surface area (Å²) in [7, 11) is 0. The zero-order valence-electron chi connectivity index (χ0n) is 9.22. The molecule has 0 aromatic heterocycles. The van der Waals surface area contributed by atoms with E-state index in [-0.39, 0.29) is 6.42 Å². The average Bonchev–Trinajstić information content (AvgIpc) is 2.21. The van der Waals surface area contributed by atoms with Gasteiger partial charge in [-0.15, -0.1) is 0 Å². The minimum atomic E-state index is -1.14. The lowest BCUT2D eigenvalue weighted by molar-refractivity contribution is -0.142. The van der Waals surface area contributed by atoms with E-state index in [9.17, 15) is 9.59 Å². The molecule has 16 heavy (non-hydrogen) atoms. The molecule has 3 atom stereocenters. The van der Waals surface area contributed by atoms with Crippen LogP contribution >= 0.6 is 0 Å². The van der Waals surface area contributed by atoms with Crippen LogP contribution < -0.4 is 16.8 Å². The van der Waals surface area contributed by atoms with Crippen LogP contribution in [0.15, 0.2) is 0 Å². The molecular weight excluding hydrogens is 214 g/mol. The lowest BCUT2D eigenvalue weighted by Crippen LogP contribution is -2.52. The second kappa shape index (κ2) is 7.15. The van der Waals surface area contributed by atoms with Crippen LogP contribution in [0.1, 0.15) is 19.8 Å². The van der Waals surface area contributed by atoms with E-state index in [1.165, 1.54) is 6.92 Å². The number of aliphatic hydroxyl groups excluding tert-OH is 1. The van der Waals surface area contributed by atoms with Gasteiger partial charge in [0.15, 0.2) is 0 Å². The molecule has 0 unspecified atom stereocenters. The maximum atomic E-state index is 11.4. The summed E-state index contributed by atoms with van der Waals surface area (Å²) in [5.41, 5.74) is 10.6. The predicted octanol–water partition coefficient (Wildman–Crippen LogP) is -2.00. The molecule has 0 heterocycles. The van der Waals surface area contributed by atoms with Crippen LogP contribution in [0.25, 0.3) is 0 Å². The molecule has 1 amide bonds. The second-order valence-corrected chi connectivity index (χ2v) is 3.60. The van der Waals surface area contributed by atoms with Crippen LogP contribution in [0.4, 0.5) is 0 Å². The molecule has 0 aromatic carbocycles. The van der Waals surface area contributed by atoms with E-state index in [0.717, 1.165) is 0 Å². The lowest BCUT2D eigenvalue weighted by Gasteiger charge is -2.19. The Morgan fingerprint density at radius 2 is 2.00 bits per heavy atom. The number of carboxylic acids is 1. The molecule has 0 saturated carbocycles. The first kappa shape index (κ1) is 14.8. The molecule has 0 aliphatic heterocycles. The van der Waals surface area contributed by atoms with Crippen molar-refractivity contribution >= 4 is 11.9 Å². The highest BCUT2D eigenvalue weighted by atomic mass is 16.4. The van der Waals surface area contributed by atoms with Crippen LogP contribution in [0.3, 0.4) is 0 Å². The van der Waals surface area contributed by atoms with Gasteiger partial charge >= 0.3 is 5.97 Å². The lowest BCUT2D eigenvalue weighted by atomic mass is 10.1. The van der Waals surface area contributed by atoms with Crippen LogP contribution in [0.2, 0.25) is 0 Å². The van der Waals surface area contributed by atoms with Gasteiger partial charge in [-0.1, -0.05) is 0 Å². The van der Waals surface area contributed by atoms with E-state index >= 15 is 0 Å². The second-order valence-electron chi connectivity index (χ2n) is 3.60. The largest absolute Gasteiger partial charge is 0.480 e. The monoisotopic (exact) mass is 233 g/mol. The molecule has 0 radical (unpaired) electrons. The topological polar surface area (TPSA) is 139 Å². The maximum absolute atomic E-state index is 11.4. The molecule has 0 bridgehead atoms. The third-order valence-corrected chi connectivity index (χ3v) is 2.13. The van der Waals surface area contributed by atoms with Crippen molar-refractivity contribution in [3.63, 3.8) is 0 Å². The first-order chi connectivity index (χ1) is 7.40. The molecule has 0 fully saturated rings. The van der Waals surface area contributed by atoms with Crippen molar-refractivity contribution in [2.75, 3.05) is 6.54 Å². The SMILES string of the molecule is C[C@@H](O)[C@H](N)C(=O)N[C@@H](CCCN)C(=O)O. The van der Waals surface area contributed by atoms with E-state index in [1.807, 2.05) is 0 Å². The van der Waals surface area contributed by atoms with Crippen molar-refractivity contribution in [1.29, 1.82) is 0 Å². The third-order valence-electron chi connectivity index (χ3n) is 2.13. The summed E-state index contributed by atoms with van der Waals surface area (Å²) >= 11 is 0. The summed E-state index contributed by atoms with van der Waals surface area (Å²) < 4.78 is 0. The number of nitrogens with two attached hydrogens (primary N) is 2. The highest BCUT2D eigenvalue weighted by Gasteiger charge is 2.24. The molecule has 7 nitrogen and oxygen atoms in total. The molecule has 0 aliphatic carbocycles. The van der Waals surface area contributed by atoms with Gasteiger partial charge in [-0.05, 0) is 26.3 Å². The van der Waals surface area contributed by atoms with Crippen LogP contribution in [-0.4, -0.2) is 46.8 Å². The van der Waals surface area contributed by atoms with Gasteiger partial charge in [0.2, 0.25) is 5.91 Å². The first-order valence-electron chi connectivity index (χ1n) is 5.07. The molecule has 7 N–H and O–H groups in total. The number of carboxylic acid groups (broad SMARTS) is 1. The number of aliphatic carboxylic acids is 1. The van der Waals surface area contributed by atoms with Crippen molar-refractivity contribution in [1.82, 2.24) is 5.32 Å². The quantitative estimate of drug-likeness (QED) is 0.345. The van der Waals surface area contributed by atoms with Crippen molar-refractivity contribution in [3.05, 3.63) is 0 Å². The Balaban J connectivity index is 4.28. The summed E-state index contributed by atoms with van der Waals surface area (Å²) in [6, 6.07) is -2.14. The summed E-state index contributed by atoms with van der Waals surface area (Å²) in [6.07, 6.45) is -0.297. The van der Waals surface area contributed by atoms with Gasteiger partial charge < -0.3 is 27.0 Å². The van der Waals surface area contributed by atoms with Crippen molar-refractivity contribution in [3.8, 4) is 0 Å². The number of carbonyl (C=O) groups excluding carboxylic acids is 1. The average molecular weight is 233 g/mol. The van der Waals surface area contributed by atoms with E-state index in [4.69, 9.17) is 21.7 Å². The maximum Gasteiger partial charge on any atom is 0.326 e. The fourth-order valence-electron chi connectivity index (χ4n) is 1.07. The van der Waals surface area contributed by atoms with Gasteiger partial charge in [0.25, 0.3) is 0 Å². The van der Waals surface area contributed by atoms with Crippen molar-refractivity contribution in [2.45, 2.75) is 38.0 Å². The predicted molar refractivity (Wildman–Crippen MR) is 57.5 cm³/mol. The molecule has 7 heteroatoms. The smallest absolute Gasteiger partial charge is 0.326 e. The summed E-state index contributed by atoms with van der Waals surface area (Å²) in [6.45, 7) is 1.71. The number of nitrogens with one attached hydrogen (secondary N) is 1. The summed E-state index contributed by atoms with van der Waals surface area (Å²) in [5.74, 6) is -1.82. The zero-order chi connectivity index (χ0) is 12.7. The molecule has 0 aliphatic rings. The van der Waals surface area contributed by atoms with Gasteiger partial charge in [0.1, 0.15) is 12.1 Å². The Morgan fingerprint density at radius 1 is 1.44 bits per heavy atom. The number of hydrogen-bond donors (Lipinski definition) is 5. The fraction of sp³-hybridized carbons (Fsp3) is 0.778. The standard InChI is InChI=1S/C9H19N3O4/c1-5(13)7(11)8(14)12-6(9(15)16)3-2-4-10/h5-7,13H,2-4,10-11H2,1H3,(H,12,14)(H,15,16)/t5-,6+,7+/m1/s1. The van der Waals surface area contributed by atoms with Crippen molar-refractivity contribution in [2.24, 2.45) is 11.5 Å². The zero-order valence-corrected chi connectivity index (χ0v) is 9.22. The van der Waals surface area contributed by atoms with Gasteiger partial charge in [-0.25, -0.2) is 4.79 Å². The van der Waals surface area contributed by atoms with Crippen LogP contribution in [0.5, 0.6) is 0 Å². The molecule has 0 spiro atoms. The Labute approximate surface area is 93.8 Å². The summed E-state index contributed by atoms with van der Waals surface area (Å²) in [4.78, 5) is 22.1. The van der Waals surface area contributed by atoms with Gasteiger partial charge in [0, 0.05) is 0 Å². The first-order valence-corrected chi connectivity index (χ1v) is 5.07. The van der Waals surface area contributed by atoms with E-state index in [1.54, 1.807) is 0 Å². The third kappa shape index (κ3) is 5.06. The molecule has 0 rings (SSSR count). The molecule has 0 aromatic rings. The van der Waals surface area contributed by atoms with E-state index in [2.05, 4.69) is 5.32 Å². The van der Waals surface area contributed by atoms with Gasteiger partial charge in [0.05, 0.1) is 6.10 Å². The van der Waals surface area contributed by atoms with E-state index in [0.29, 0.717) is 13.0 Å². The highest BCUT2D eigenvalue weighted by Crippen LogP contribution is 1.98. The van der Waals surface area contributed by atoms with E-state index < -0.39 is 30.1 Å². The number of hydrogen-bond acceptors (Lipinski definition) is 5. The Hall–Kier alpha value is -1.18. The number of amides is 1. The van der Waals surface area contributed by atoms with Crippen molar-refractivity contribution < 1.29 is 19.8 Å². The molecule has 0 saturated heterocycles. The Bertz CT molecular complexity index is 245. The minimum Gasteiger partial charge on any atom is -0.480 e. The molecular formula is C9H19N3O4. The summed E-state index contributed by atoms with van der Waals surface area (Å²) in [5, 5.41) is 20.1. The van der Waals surface area contributed by atoms with Gasteiger partial charge in [-0.2, -0.15) is 0 Å². The Kier molecular flexibility index (Phi) is 6.63. The van der Waals surface area contributed by atoms with Crippen LogP contribution in [0, 0.1) is 0 Å². The number of carbonyl (C=O) groups is 2. The Morgan fingerprint density at radius 3 is 2.38 bits per heavy atom. The number of aliphatic hydroxyl groups is 1. The van der Waals surface area contributed by atoms with Crippen LogP contribution in [-0.2, 0) is 9.59 Å². The van der Waals surface area contributed by atoms with Gasteiger partial charge in [-0.3, -0.25) is 4.79 Å². The number of rotatable bonds is 7. The highest BCUT2D eigenvalue weighted by molar-refractivity contribution is 5.87.